The Morgan fingerprint density at radius 3 is 2.06 bits per heavy atom. The Balaban J connectivity index is 1.67. The smallest absolute Gasteiger partial charge is 0.416 e. The van der Waals surface area contributed by atoms with Gasteiger partial charge in [0.25, 0.3) is 0 Å². The highest BCUT2D eigenvalue weighted by atomic mass is 19.4. The fourth-order valence-electron chi connectivity index (χ4n) is 6.99. The van der Waals surface area contributed by atoms with Crippen LogP contribution in [0.4, 0.5) is 48.7 Å². The van der Waals surface area contributed by atoms with Crippen molar-refractivity contribution in [2.45, 2.75) is 82.7 Å². The maximum absolute atomic E-state index is 14.9. The number of amides is 1. The van der Waals surface area contributed by atoms with Crippen molar-refractivity contribution < 1.29 is 58.2 Å². The number of halogens is 10. The van der Waals surface area contributed by atoms with E-state index < -0.39 is 77.2 Å². The molecule has 2 saturated heterocycles. The highest BCUT2D eigenvalue weighted by Gasteiger charge is 2.53. The van der Waals surface area contributed by atoms with Crippen LogP contribution < -0.4 is 4.74 Å². The lowest BCUT2D eigenvalue weighted by atomic mass is 9.72. The maximum atomic E-state index is 14.9. The van der Waals surface area contributed by atoms with E-state index in [1.54, 1.807) is 13.8 Å². The van der Waals surface area contributed by atoms with Gasteiger partial charge in [-0.15, -0.1) is 0 Å². The van der Waals surface area contributed by atoms with Gasteiger partial charge in [0.1, 0.15) is 17.7 Å². The summed E-state index contributed by atoms with van der Waals surface area (Å²) in [5, 5.41) is 0. The van der Waals surface area contributed by atoms with Crippen molar-refractivity contribution in [2.24, 2.45) is 11.8 Å². The van der Waals surface area contributed by atoms with Gasteiger partial charge < -0.3 is 9.47 Å². The van der Waals surface area contributed by atoms with E-state index in [2.05, 4.69) is 0 Å². The van der Waals surface area contributed by atoms with Gasteiger partial charge in [-0.2, -0.15) is 39.5 Å². The Kier molecular flexibility index (Phi) is 8.89. The normalized spacial score (nSPS) is 25.4. The van der Waals surface area contributed by atoms with E-state index >= 15 is 0 Å². The van der Waals surface area contributed by atoms with Gasteiger partial charge in [-0.3, -0.25) is 4.90 Å². The number of hydrogen-bond acceptors (Lipinski definition) is 3. The average molecular weight is 680 g/mol. The molecule has 0 saturated carbocycles. The Hall–Kier alpha value is -3.71. The number of piperidine rings is 1. The fourth-order valence-corrected chi connectivity index (χ4v) is 6.99. The number of ether oxygens (including phenoxy) is 2. The minimum Gasteiger partial charge on any atom is -0.496 e. The van der Waals surface area contributed by atoms with E-state index in [9.17, 15) is 48.7 Å². The summed E-state index contributed by atoms with van der Waals surface area (Å²) in [6.07, 6.45) is -14.9. The van der Waals surface area contributed by atoms with Crippen LogP contribution in [-0.2, 0) is 17.1 Å². The predicted octanol–water partition coefficient (Wildman–Crippen LogP) is 10.2. The largest absolute Gasteiger partial charge is 0.496 e. The molecule has 2 fully saturated rings. The van der Waals surface area contributed by atoms with Gasteiger partial charge in [0, 0.05) is 11.6 Å². The molecule has 2 aromatic carbocycles. The summed E-state index contributed by atoms with van der Waals surface area (Å²) >= 11 is 0. The Morgan fingerprint density at radius 1 is 0.915 bits per heavy atom. The molecule has 1 aliphatic carbocycles. The molecule has 0 spiro atoms. The van der Waals surface area contributed by atoms with Crippen molar-refractivity contribution in [3.8, 4) is 5.75 Å². The number of cyclic esters (lactones) is 1. The van der Waals surface area contributed by atoms with Crippen LogP contribution in [0.25, 0.3) is 5.57 Å². The number of methoxy groups -OCH3 is 1. The quantitative estimate of drug-likeness (QED) is 0.296. The molecule has 5 atom stereocenters. The zero-order valence-electron chi connectivity index (χ0n) is 25.6. The Labute approximate surface area is 264 Å². The minimum atomic E-state index is -5.15. The summed E-state index contributed by atoms with van der Waals surface area (Å²) in [5.74, 6) is -4.14. The van der Waals surface area contributed by atoms with E-state index in [-0.39, 0.29) is 59.3 Å². The molecule has 14 heteroatoms. The third-order valence-electron chi connectivity index (χ3n) is 9.18. The molecule has 2 aromatic rings. The van der Waals surface area contributed by atoms with E-state index in [0.29, 0.717) is 12.1 Å². The zero-order valence-corrected chi connectivity index (χ0v) is 25.6. The van der Waals surface area contributed by atoms with Gasteiger partial charge in [0.2, 0.25) is 0 Å². The van der Waals surface area contributed by atoms with Crippen LogP contribution in [0.5, 0.6) is 5.75 Å². The SMILES string of the molecule is COc1cc(F)c(C(C)C)cc1C1=C([C@@H]2CCCC3[C@@H](c4cc(C(F)(F)F)cc(C(F)(F)F)c4)OC(=O)N32)C(C)C(C(F)(F)F)C=C1. The topological polar surface area (TPSA) is 38.8 Å². The number of allylic oxidation sites excluding steroid dienone is 3. The first-order chi connectivity index (χ1) is 21.7. The summed E-state index contributed by atoms with van der Waals surface area (Å²) in [6.45, 7) is 4.79. The number of hydrogen-bond donors (Lipinski definition) is 0. The molecule has 3 aliphatic rings. The molecule has 0 aromatic heterocycles. The van der Waals surface area contributed by atoms with Crippen molar-refractivity contribution in [3.05, 3.63) is 81.7 Å². The van der Waals surface area contributed by atoms with Crippen molar-refractivity contribution >= 4 is 11.7 Å². The lowest BCUT2D eigenvalue weighted by Gasteiger charge is -2.43. The summed E-state index contributed by atoms with van der Waals surface area (Å²) in [4.78, 5) is 14.6. The fraction of sp³-hybridized carbons (Fsp3) is 0.485. The molecule has 0 bridgehead atoms. The van der Waals surface area contributed by atoms with E-state index in [4.69, 9.17) is 9.47 Å². The molecule has 0 radical (unpaired) electrons. The molecule has 0 N–H and O–H groups in total. The van der Waals surface area contributed by atoms with Crippen molar-refractivity contribution in [1.82, 2.24) is 4.90 Å². The minimum absolute atomic E-state index is 0.0274. The molecule has 2 heterocycles. The van der Waals surface area contributed by atoms with Crippen molar-refractivity contribution in [1.29, 1.82) is 0 Å². The predicted molar refractivity (Wildman–Crippen MR) is 151 cm³/mol. The molecule has 256 valence electrons. The van der Waals surface area contributed by atoms with E-state index in [1.807, 2.05) is 0 Å². The number of carbonyl (C=O) groups is 1. The second kappa shape index (κ2) is 12.1. The van der Waals surface area contributed by atoms with Gasteiger partial charge in [-0.25, -0.2) is 9.18 Å². The second-order valence-electron chi connectivity index (χ2n) is 12.4. The Morgan fingerprint density at radius 2 is 1.53 bits per heavy atom. The number of benzene rings is 2. The third kappa shape index (κ3) is 6.43. The molecule has 4 nitrogen and oxygen atoms in total. The molecule has 47 heavy (non-hydrogen) atoms. The zero-order chi connectivity index (χ0) is 34.8. The van der Waals surface area contributed by atoms with Gasteiger partial charge >= 0.3 is 24.6 Å². The summed E-state index contributed by atoms with van der Waals surface area (Å²) in [5.41, 5.74) is -2.77. The molecule has 5 rings (SSSR count). The van der Waals surface area contributed by atoms with Crippen LogP contribution in [-0.4, -0.2) is 36.4 Å². The monoisotopic (exact) mass is 679 g/mol. The first kappa shape index (κ1) is 34.6. The van der Waals surface area contributed by atoms with Gasteiger partial charge in [0.15, 0.2) is 0 Å². The Bertz CT molecular complexity index is 1570. The summed E-state index contributed by atoms with van der Waals surface area (Å²) in [7, 11) is 1.27. The highest BCUT2D eigenvalue weighted by molar-refractivity contribution is 5.84. The first-order valence-electron chi connectivity index (χ1n) is 14.9. The molecule has 3 unspecified atom stereocenters. The average Bonchev–Trinajstić information content (AvgIpc) is 3.31. The second-order valence-corrected chi connectivity index (χ2v) is 12.4. The number of rotatable bonds is 5. The molecular weight excluding hydrogens is 648 g/mol. The lowest BCUT2D eigenvalue weighted by molar-refractivity contribution is -0.170. The third-order valence-corrected chi connectivity index (χ3v) is 9.18. The molecule has 1 amide bonds. The van der Waals surface area contributed by atoms with Crippen LogP contribution in [0.15, 0.2) is 48.1 Å². The number of nitrogens with zero attached hydrogens (tertiary/aromatic N) is 1. The van der Waals surface area contributed by atoms with Crippen LogP contribution in [0.2, 0.25) is 0 Å². The lowest BCUT2D eigenvalue weighted by Crippen LogP contribution is -2.49. The van der Waals surface area contributed by atoms with Gasteiger partial charge in [0.05, 0.1) is 36.2 Å². The summed E-state index contributed by atoms with van der Waals surface area (Å²) in [6, 6.07) is 1.40. The summed E-state index contributed by atoms with van der Waals surface area (Å²) < 4.78 is 151. The van der Waals surface area contributed by atoms with Gasteiger partial charge in [-0.1, -0.05) is 32.9 Å². The standard InChI is InChI=1S/C33H31F10NO3/c1-15(2)21-13-22(27(46-4)14-24(21)34)20-8-9-23(33(41,42)43)16(3)28(20)25-6-5-7-26-29(47-30(45)44(25)26)17-10-18(31(35,36)37)12-19(11-17)32(38,39)40/h8-16,23,25-26,29H,5-7H2,1-4H3/t16?,23?,25-,26?,29+/m0/s1. The number of alkyl halides is 9. The van der Waals surface area contributed by atoms with Crippen LogP contribution in [0.1, 0.15) is 79.9 Å². The van der Waals surface area contributed by atoms with Crippen molar-refractivity contribution in [2.75, 3.05) is 7.11 Å². The maximum Gasteiger partial charge on any atom is 0.416 e. The molecular formula is C33H31F10NO3. The highest BCUT2D eigenvalue weighted by Crippen LogP contribution is 2.51. The van der Waals surface area contributed by atoms with Crippen LogP contribution in [0, 0.1) is 17.7 Å². The van der Waals surface area contributed by atoms with Crippen LogP contribution >= 0.6 is 0 Å². The van der Waals surface area contributed by atoms with E-state index in [0.717, 1.165) is 17.0 Å². The number of carbonyl (C=O) groups excluding carboxylic acids is 1. The van der Waals surface area contributed by atoms with Gasteiger partial charge in [-0.05, 0) is 77.6 Å². The van der Waals surface area contributed by atoms with Crippen LogP contribution in [0.3, 0.4) is 0 Å². The molecule has 2 aliphatic heterocycles. The van der Waals surface area contributed by atoms with E-state index in [1.165, 1.54) is 26.2 Å². The first-order valence-corrected chi connectivity index (χ1v) is 14.9. The number of fused-ring (bicyclic) bond motifs is 1. The van der Waals surface area contributed by atoms with Crippen molar-refractivity contribution in [3.63, 3.8) is 0 Å².